The first kappa shape index (κ1) is 30.6. The predicted octanol–water partition coefficient (Wildman–Crippen LogP) is 6.65. The van der Waals surface area contributed by atoms with Gasteiger partial charge in [-0.3, -0.25) is 9.59 Å². The highest BCUT2D eigenvalue weighted by Gasteiger charge is 2.50. The van der Waals surface area contributed by atoms with Crippen molar-refractivity contribution >= 4 is 11.8 Å². The number of ether oxygens (including phenoxy) is 1. The van der Waals surface area contributed by atoms with Crippen molar-refractivity contribution in [2.75, 3.05) is 6.61 Å². The number of unbranched alkanes of at least 4 members (excludes halogenated alkanes) is 2. The van der Waals surface area contributed by atoms with E-state index in [1.54, 1.807) is 19.9 Å². The quantitative estimate of drug-likeness (QED) is 0.144. The monoisotopic (exact) mass is 526 g/mol. The van der Waals surface area contributed by atoms with Crippen LogP contribution < -0.4 is 0 Å². The zero-order valence-electron chi connectivity index (χ0n) is 24.3. The minimum atomic E-state index is -1.18. The third kappa shape index (κ3) is 6.77. The highest BCUT2D eigenvalue weighted by atomic mass is 16.5. The lowest BCUT2D eigenvalue weighted by molar-refractivity contribution is -0.157. The van der Waals surface area contributed by atoms with Gasteiger partial charge in [-0.25, -0.2) is 0 Å². The molecule has 2 N–H and O–H groups in total. The van der Waals surface area contributed by atoms with Crippen LogP contribution in [0.2, 0.25) is 0 Å². The summed E-state index contributed by atoms with van der Waals surface area (Å²) < 4.78 is 5.38. The van der Waals surface area contributed by atoms with Crippen LogP contribution in [0, 0.1) is 28.6 Å². The summed E-state index contributed by atoms with van der Waals surface area (Å²) in [6, 6.07) is 0. The van der Waals surface area contributed by atoms with Gasteiger partial charge in [0.2, 0.25) is 0 Å². The molecule has 0 aromatic heterocycles. The Balaban J connectivity index is 1.67. The summed E-state index contributed by atoms with van der Waals surface area (Å²) in [7, 11) is 0. The summed E-state index contributed by atoms with van der Waals surface area (Å²) in [6.07, 6.45) is 16.2. The van der Waals surface area contributed by atoms with E-state index in [9.17, 15) is 19.8 Å². The molecule has 3 aliphatic carbocycles. The van der Waals surface area contributed by atoms with Gasteiger partial charge in [-0.2, -0.15) is 0 Å². The molecule has 212 valence electrons. The van der Waals surface area contributed by atoms with Crippen LogP contribution in [-0.2, 0) is 14.3 Å². The number of ketones is 1. The molecule has 3 saturated carbocycles. The van der Waals surface area contributed by atoms with E-state index < -0.39 is 23.6 Å². The average molecular weight is 527 g/mol. The van der Waals surface area contributed by atoms with E-state index in [0.29, 0.717) is 31.3 Å². The number of aliphatic hydroxyl groups excluding tert-OH is 2. The molecule has 3 aliphatic rings. The highest BCUT2D eigenvalue weighted by molar-refractivity contribution is 6.08. The normalized spacial score (nSPS) is 33.1. The number of esters is 1. The van der Waals surface area contributed by atoms with Crippen molar-refractivity contribution in [2.24, 2.45) is 28.6 Å². The Morgan fingerprint density at radius 1 is 1.21 bits per heavy atom. The third-order valence-corrected chi connectivity index (χ3v) is 9.60. The molecule has 0 radical (unpaired) electrons. The molecule has 0 unspecified atom stereocenters. The van der Waals surface area contributed by atoms with Gasteiger partial charge in [-0.15, -0.1) is 0 Å². The zero-order valence-corrected chi connectivity index (χ0v) is 24.3. The lowest BCUT2D eigenvalue weighted by Crippen LogP contribution is -2.36. The minimum Gasteiger partial charge on any atom is -0.465 e. The van der Waals surface area contributed by atoms with Crippen molar-refractivity contribution in [3.05, 3.63) is 47.6 Å². The second-order valence-electron chi connectivity index (χ2n) is 12.7. The smallest absolute Gasteiger partial charge is 0.319 e. The Morgan fingerprint density at radius 2 is 1.95 bits per heavy atom. The number of carbonyl (C=O) groups is 2. The van der Waals surface area contributed by atoms with Gasteiger partial charge in [0.05, 0.1) is 18.8 Å². The number of allylic oxidation sites excluding steroid dienone is 5. The maximum Gasteiger partial charge on any atom is 0.319 e. The second-order valence-corrected chi connectivity index (χ2v) is 12.7. The molecule has 38 heavy (non-hydrogen) atoms. The summed E-state index contributed by atoms with van der Waals surface area (Å²) in [5.41, 5.74) is 2.11. The van der Waals surface area contributed by atoms with Gasteiger partial charge in [-0.05, 0) is 99.2 Å². The fourth-order valence-electron chi connectivity index (χ4n) is 6.99. The molecule has 0 aromatic carbocycles. The van der Waals surface area contributed by atoms with Crippen molar-refractivity contribution in [3.63, 3.8) is 0 Å². The summed E-state index contributed by atoms with van der Waals surface area (Å²) in [6.45, 7) is 14.4. The van der Waals surface area contributed by atoms with Gasteiger partial charge in [0.1, 0.15) is 5.41 Å². The fraction of sp³-hybridized carbons (Fsp3) is 0.697. The van der Waals surface area contributed by atoms with Crippen LogP contribution in [0.4, 0.5) is 0 Å². The van der Waals surface area contributed by atoms with Gasteiger partial charge in [-0.1, -0.05) is 64.0 Å². The summed E-state index contributed by atoms with van der Waals surface area (Å²) >= 11 is 0. The number of fused-ring (bicyclic) bond motifs is 1. The molecule has 0 bridgehead atoms. The molecular weight excluding hydrogens is 476 g/mol. The molecule has 0 amide bonds. The number of hydrogen-bond acceptors (Lipinski definition) is 5. The van der Waals surface area contributed by atoms with E-state index in [1.165, 1.54) is 12.0 Å². The summed E-state index contributed by atoms with van der Waals surface area (Å²) in [5.74, 6) is 0.542. The summed E-state index contributed by atoms with van der Waals surface area (Å²) in [4.78, 5) is 25.5. The van der Waals surface area contributed by atoms with Crippen molar-refractivity contribution in [2.45, 2.75) is 111 Å². The molecule has 0 saturated heterocycles. The minimum absolute atomic E-state index is 0.158. The van der Waals surface area contributed by atoms with Crippen molar-refractivity contribution in [1.29, 1.82) is 0 Å². The average Bonchev–Trinajstić information content (AvgIpc) is 3.23. The molecule has 6 atom stereocenters. The van der Waals surface area contributed by atoms with Crippen LogP contribution in [0.1, 0.15) is 98.8 Å². The molecule has 0 heterocycles. The second kappa shape index (κ2) is 12.9. The van der Waals surface area contributed by atoms with Crippen LogP contribution in [0.5, 0.6) is 0 Å². The fourth-order valence-corrected chi connectivity index (χ4v) is 6.99. The molecule has 3 fully saturated rings. The first-order valence-electron chi connectivity index (χ1n) is 14.8. The number of hydrogen-bond donors (Lipinski definition) is 2. The Morgan fingerprint density at radius 3 is 2.66 bits per heavy atom. The van der Waals surface area contributed by atoms with E-state index in [2.05, 4.69) is 39.5 Å². The Hall–Kier alpha value is -1.98. The highest BCUT2D eigenvalue weighted by Crippen LogP contribution is 2.59. The standard InChI is InChI=1S/C33H50O5/c1-7-8-9-19-38-31(37)32(4,5)30(36)17-12-22(2)27-15-16-28-24(11-10-18-33(27,28)6)13-14-25-20-26(34)21-29(35)23(25)3/h12-14,17,22,26-29,34-35H,3,7-11,15-16,18-21H2,1-2,4-6H3/t22-,26-,27-,28+,29+,33-/m1/s1. The van der Waals surface area contributed by atoms with Crippen LogP contribution in [-0.4, -0.2) is 40.8 Å². The molecule has 5 heteroatoms. The van der Waals surface area contributed by atoms with E-state index >= 15 is 0 Å². The molecule has 0 aliphatic heterocycles. The van der Waals surface area contributed by atoms with Crippen molar-refractivity contribution in [3.8, 4) is 0 Å². The van der Waals surface area contributed by atoms with Gasteiger partial charge in [0.25, 0.3) is 0 Å². The summed E-state index contributed by atoms with van der Waals surface area (Å²) in [5, 5.41) is 20.3. The van der Waals surface area contributed by atoms with E-state index in [4.69, 9.17) is 4.74 Å². The largest absolute Gasteiger partial charge is 0.465 e. The Labute approximate surface area is 230 Å². The van der Waals surface area contributed by atoms with E-state index in [-0.39, 0.29) is 17.1 Å². The van der Waals surface area contributed by atoms with Crippen LogP contribution in [0.25, 0.3) is 0 Å². The third-order valence-electron chi connectivity index (χ3n) is 9.60. The van der Waals surface area contributed by atoms with Crippen LogP contribution in [0.15, 0.2) is 47.6 Å². The number of rotatable bonds is 10. The van der Waals surface area contributed by atoms with Crippen molar-refractivity contribution < 1.29 is 24.5 Å². The SMILES string of the molecule is C=C1C(=CC=C2CCC[C@]3(C)[C@@H]([C@H](C)C=CC(=O)C(C)(C)C(=O)OCCCCC)CC[C@@H]23)C[C@@H](O)C[C@@H]1O. The van der Waals surface area contributed by atoms with Gasteiger partial charge >= 0.3 is 5.97 Å². The number of aliphatic hydroxyl groups is 2. The lowest BCUT2D eigenvalue weighted by atomic mass is 9.61. The molecule has 0 aromatic rings. The lowest BCUT2D eigenvalue weighted by Gasteiger charge is -2.44. The maximum absolute atomic E-state index is 13.0. The topological polar surface area (TPSA) is 83.8 Å². The number of carbonyl (C=O) groups excluding carboxylic acids is 2. The Kier molecular flexibility index (Phi) is 10.4. The molecule has 5 nitrogen and oxygen atoms in total. The Bertz CT molecular complexity index is 970. The molecule has 0 spiro atoms. The first-order chi connectivity index (χ1) is 17.9. The molecular formula is C33H50O5. The van der Waals surface area contributed by atoms with Gasteiger partial charge < -0.3 is 14.9 Å². The van der Waals surface area contributed by atoms with Crippen molar-refractivity contribution in [1.82, 2.24) is 0 Å². The van der Waals surface area contributed by atoms with Crippen LogP contribution >= 0.6 is 0 Å². The van der Waals surface area contributed by atoms with Crippen LogP contribution in [0.3, 0.4) is 0 Å². The molecule has 3 rings (SSSR count). The zero-order chi connectivity index (χ0) is 28.1. The van der Waals surface area contributed by atoms with E-state index in [0.717, 1.165) is 56.1 Å². The first-order valence-corrected chi connectivity index (χ1v) is 14.8. The van der Waals surface area contributed by atoms with Gasteiger partial charge in [0, 0.05) is 6.42 Å². The van der Waals surface area contributed by atoms with Gasteiger partial charge in [0.15, 0.2) is 5.78 Å². The van der Waals surface area contributed by atoms with E-state index in [1.807, 2.05) is 6.08 Å². The maximum atomic E-state index is 13.0. The predicted molar refractivity (Wildman–Crippen MR) is 152 cm³/mol.